The lowest BCUT2D eigenvalue weighted by molar-refractivity contribution is -0.137. The molecular formula is C19H38O3. The summed E-state index contributed by atoms with van der Waals surface area (Å²) in [5, 5.41) is 8.67. The zero-order valence-corrected chi connectivity index (χ0v) is 14.9. The third-order valence-electron chi connectivity index (χ3n) is 4.15. The van der Waals surface area contributed by atoms with Crippen molar-refractivity contribution in [3.8, 4) is 0 Å². The number of carbonyl (C=O) groups is 1. The smallest absolute Gasteiger partial charge is 0.303 e. The molecule has 1 N–H and O–H groups in total. The Morgan fingerprint density at radius 1 is 0.818 bits per heavy atom. The first-order valence-electron chi connectivity index (χ1n) is 9.54. The van der Waals surface area contributed by atoms with E-state index >= 15 is 0 Å². The average Bonchev–Trinajstić information content (AvgIpc) is 2.50. The number of unbranched alkanes of at least 4 members (excludes halogenated alkanes) is 8. The molecule has 0 saturated heterocycles. The fourth-order valence-electron chi connectivity index (χ4n) is 2.74. The van der Waals surface area contributed by atoms with Crippen molar-refractivity contribution in [2.45, 2.75) is 110 Å². The number of hydrogen-bond acceptors (Lipinski definition) is 2. The van der Waals surface area contributed by atoms with Crippen molar-refractivity contribution < 1.29 is 14.6 Å². The molecule has 3 nitrogen and oxygen atoms in total. The topological polar surface area (TPSA) is 46.5 Å². The lowest BCUT2D eigenvalue weighted by Gasteiger charge is -2.18. The summed E-state index contributed by atoms with van der Waals surface area (Å²) in [6, 6.07) is 0. The van der Waals surface area contributed by atoms with E-state index < -0.39 is 5.97 Å². The standard InChI is InChI=1S/C19H38O3/c1-3-5-7-9-11-14-18(15-12-10-8-6-4-2)22-17-13-16-19(20)21/h18H,3-17H2,1-2H3,(H,20,21). The summed E-state index contributed by atoms with van der Waals surface area (Å²) in [6.45, 7) is 5.08. The van der Waals surface area contributed by atoms with E-state index in [1.165, 1.54) is 64.2 Å². The molecule has 0 aromatic rings. The Morgan fingerprint density at radius 3 is 1.77 bits per heavy atom. The molecule has 0 unspecified atom stereocenters. The van der Waals surface area contributed by atoms with E-state index in [2.05, 4.69) is 13.8 Å². The van der Waals surface area contributed by atoms with Crippen molar-refractivity contribution in [2.24, 2.45) is 0 Å². The molecule has 0 heterocycles. The highest BCUT2D eigenvalue weighted by molar-refractivity contribution is 5.66. The molecule has 3 heteroatoms. The Labute approximate surface area is 137 Å². The van der Waals surface area contributed by atoms with Crippen LogP contribution < -0.4 is 0 Å². The summed E-state index contributed by atoms with van der Waals surface area (Å²) in [4.78, 5) is 10.5. The second-order valence-electron chi connectivity index (χ2n) is 6.40. The largest absolute Gasteiger partial charge is 0.481 e. The lowest BCUT2D eigenvalue weighted by Crippen LogP contribution is -2.14. The maximum atomic E-state index is 10.5. The Balaban J connectivity index is 3.78. The minimum atomic E-state index is -0.723. The Hall–Kier alpha value is -0.570. The van der Waals surface area contributed by atoms with Crippen LogP contribution in [0.1, 0.15) is 104 Å². The average molecular weight is 315 g/mol. The van der Waals surface area contributed by atoms with E-state index in [0.29, 0.717) is 19.1 Å². The molecule has 0 radical (unpaired) electrons. The van der Waals surface area contributed by atoms with Crippen molar-refractivity contribution in [1.29, 1.82) is 0 Å². The van der Waals surface area contributed by atoms with Gasteiger partial charge in [0, 0.05) is 13.0 Å². The summed E-state index contributed by atoms with van der Waals surface area (Å²) in [6.07, 6.45) is 16.5. The van der Waals surface area contributed by atoms with E-state index in [-0.39, 0.29) is 6.42 Å². The van der Waals surface area contributed by atoms with E-state index in [1.54, 1.807) is 0 Å². The second-order valence-corrected chi connectivity index (χ2v) is 6.40. The van der Waals surface area contributed by atoms with Crippen LogP contribution in [0, 0.1) is 0 Å². The molecule has 0 aliphatic carbocycles. The van der Waals surface area contributed by atoms with Crippen LogP contribution in [0.3, 0.4) is 0 Å². The van der Waals surface area contributed by atoms with Crippen LogP contribution in [0.25, 0.3) is 0 Å². The SMILES string of the molecule is CCCCCCCC(CCCCCCC)OCCCC(=O)O. The van der Waals surface area contributed by atoms with Gasteiger partial charge in [-0.2, -0.15) is 0 Å². The van der Waals surface area contributed by atoms with Gasteiger partial charge in [-0.25, -0.2) is 0 Å². The number of aliphatic carboxylic acids is 1. The van der Waals surface area contributed by atoms with Crippen LogP contribution in [-0.4, -0.2) is 23.8 Å². The maximum Gasteiger partial charge on any atom is 0.303 e. The highest BCUT2D eigenvalue weighted by atomic mass is 16.5. The summed E-state index contributed by atoms with van der Waals surface area (Å²) >= 11 is 0. The number of rotatable bonds is 17. The van der Waals surface area contributed by atoms with Crippen LogP contribution in [-0.2, 0) is 9.53 Å². The van der Waals surface area contributed by atoms with Crippen molar-refractivity contribution in [1.82, 2.24) is 0 Å². The monoisotopic (exact) mass is 314 g/mol. The highest BCUT2D eigenvalue weighted by Crippen LogP contribution is 2.16. The molecule has 132 valence electrons. The van der Waals surface area contributed by atoms with Gasteiger partial charge in [-0.3, -0.25) is 4.79 Å². The lowest BCUT2D eigenvalue weighted by atomic mass is 10.0. The first-order valence-corrected chi connectivity index (χ1v) is 9.54. The number of ether oxygens (including phenoxy) is 1. The molecule has 0 aromatic heterocycles. The van der Waals surface area contributed by atoms with Gasteiger partial charge in [-0.05, 0) is 19.3 Å². The summed E-state index contributed by atoms with van der Waals surface area (Å²) in [5.74, 6) is -0.723. The van der Waals surface area contributed by atoms with E-state index in [4.69, 9.17) is 9.84 Å². The molecule has 0 aliphatic heterocycles. The number of carboxylic acid groups (broad SMARTS) is 1. The van der Waals surface area contributed by atoms with E-state index in [0.717, 1.165) is 12.8 Å². The molecule has 0 bridgehead atoms. The van der Waals surface area contributed by atoms with Gasteiger partial charge in [0.1, 0.15) is 0 Å². The van der Waals surface area contributed by atoms with Gasteiger partial charge in [0.15, 0.2) is 0 Å². The molecular weight excluding hydrogens is 276 g/mol. The molecule has 0 amide bonds. The zero-order valence-electron chi connectivity index (χ0n) is 14.9. The van der Waals surface area contributed by atoms with Crippen molar-refractivity contribution in [2.75, 3.05) is 6.61 Å². The van der Waals surface area contributed by atoms with Crippen LogP contribution in [0.15, 0.2) is 0 Å². The predicted molar refractivity (Wildman–Crippen MR) is 93.4 cm³/mol. The predicted octanol–water partition coefficient (Wildman–Crippen LogP) is 5.96. The first-order chi connectivity index (χ1) is 10.7. The van der Waals surface area contributed by atoms with Gasteiger partial charge in [0.25, 0.3) is 0 Å². The highest BCUT2D eigenvalue weighted by Gasteiger charge is 2.09. The van der Waals surface area contributed by atoms with Crippen molar-refractivity contribution >= 4 is 5.97 Å². The molecule has 0 fully saturated rings. The van der Waals surface area contributed by atoms with Crippen molar-refractivity contribution in [3.05, 3.63) is 0 Å². The Morgan fingerprint density at radius 2 is 1.32 bits per heavy atom. The molecule has 0 rings (SSSR count). The van der Waals surface area contributed by atoms with Crippen molar-refractivity contribution in [3.63, 3.8) is 0 Å². The molecule has 0 atom stereocenters. The van der Waals surface area contributed by atoms with Gasteiger partial charge in [-0.15, -0.1) is 0 Å². The third kappa shape index (κ3) is 15.8. The van der Waals surface area contributed by atoms with E-state index in [9.17, 15) is 4.79 Å². The fourth-order valence-corrected chi connectivity index (χ4v) is 2.74. The van der Waals surface area contributed by atoms with Gasteiger partial charge in [0.2, 0.25) is 0 Å². The molecule has 22 heavy (non-hydrogen) atoms. The number of hydrogen-bond donors (Lipinski definition) is 1. The molecule has 0 saturated carbocycles. The zero-order chi connectivity index (χ0) is 16.5. The maximum absolute atomic E-state index is 10.5. The normalized spacial score (nSPS) is 11.2. The van der Waals surface area contributed by atoms with Crippen LogP contribution in [0.5, 0.6) is 0 Å². The van der Waals surface area contributed by atoms with Gasteiger partial charge < -0.3 is 9.84 Å². The van der Waals surface area contributed by atoms with Gasteiger partial charge >= 0.3 is 5.97 Å². The summed E-state index contributed by atoms with van der Waals surface area (Å²) in [5.41, 5.74) is 0. The summed E-state index contributed by atoms with van der Waals surface area (Å²) in [7, 11) is 0. The van der Waals surface area contributed by atoms with Crippen LogP contribution in [0.4, 0.5) is 0 Å². The van der Waals surface area contributed by atoms with Gasteiger partial charge in [0.05, 0.1) is 6.10 Å². The summed E-state index contributed by atoms with van der Waals surface area (Å²) < 4.78 is 5.94. The van der Waals surface area contributed by atoms with E-state index in [1.807, 2.05) is 0 Å². The molecule has 0 aromatic carbocycles. The second kappa shape index (κ2) is 16.8. The minimum Gasteiger partial charge on any atom is -0.481 e. The minimum absolute atomic E-state index is 0.222. The molecule has 0 spiro atoms. The Bertz CT molecular complexity index is 227. The fraction of sp³-hybridized carbons (Fsp3) is 0.947. The van der Waals surface area contributed by atoms with Crippen LogP contribution >= 0.6 is 0 Å². The van der Waals surface area contributed by atoms with Gasteiger partial charge in [-0.1, -0.05) is 78.1 Å². The van der Waals surface area contributed by atoms with Crippen LogP contribution in [0.2, 0.25) is 0 Å². The molecule has 0 aliphatic rings. The Kier molecular flexibility index (Phi) is 16.4. The first kappa shape index (κ1) is 21.4. The third-order valence-corrected chi connectivity index (χ3v) is 4.15. The number of carboxylic acids is 1. The quantitative estimate of drug-likeness (QED) is 0.337.